The van der Waals surface area contributed by atoms with Crippen molar-refractivity contribution in [2.45, 2.75) is 6.54 Å². The summed E-state index contributed by atoms with van der Waals surface area (Å²) in [5, 5.41) is 22.6. The van der Waals surface area contributed by atoms with Gasteiger partial charge in [0.05, 0.1) is 11.6 Å². The van der Waals surface area contributed by atoms with Crippen LogP contribution in [0.3, 0.4) is 0 Å². The minimum Gasteiger partial charge on any atom is -0.859 e. The molecular formula is C19H13Cl2N2NaO3. The van der Waals surface area contributed by atoms with Gasteiger partial charge in [0.1, 0.15) is 5.69 Å². The van der Waals surface area contributed by atoms with Crippen molar-refractivity contribution in [3.05, 3.63) is 75.4 Å². The van der Waals surface area contributed by atoms with E-state index in [1.54, 1.807) is 6.07 Å². The molecule has 0 bridgehead atoms. The molecule has 0 aliphatic heterocycles. The van der Waals surface area contributed by atoms with E-state index in [4.69, 9.17) is 23.2 Å². The van der Waals surface area contributed by atoms with Gasteiger partial charge < -0.3 is 15.2 Å². The fourth-order valence-electron chi connectivity index (χ4n) is 2.57. The number of hydrogen-bond donors (Lipinski definition) is 2. The van der Waals surface area contributed by atoms with Crippen LogP contribution in [0.1, 0.15) is 21.6 Å². The zero-order valence-electron chi connectivity index (χ0n) is 14.4. The number of aromatic nitrogens is 1. The molecule has 0 spiro atoms. The first-order chi connectivity index (χ1) is 12.5. The van der Waals surface area contributed by atoms with Crippen molar-refractivity contribution >= 4 is 52.0 Å². The van der Waals surface area contributed by atoms with Gasteiger partial charge in [-0.05, 0) is 23.6 Å². The predicted octanol–water partition coefficient (Wildman–Crippen LogP) is 1.15. The van der Waals surface area contributed by atoms with E-state index in [0.717, 1.165) is 5.56 Å². The van der Waals surface area contributed by atoms with Gasteiger partial charge in [0, 0.05) is 21.5 Å². The molecule has 8 heteroatoms. The summed E-state index contributed by atoms with van der Waals surface area (Å²) in [6, 6.07) is 12.4. The molecule has 27 heavy (non-hydrogen) atoms. The number of nitrogens with zero attached hydrogens (tertiary/aromatic N) is 1. The number of aliphatic imine (C=N–C) groups is 1. The number of nitrogens with one attached hydrogen (secondary N) is 1. The van der Waals surface area contributed by atoms with Crippen LogP contribution in [0.4, 0.5) is 0 Å². The van der Waals surface area contributed by atoms with Gasteiger partial charge in [-0.2, -0.15) is 0 Å². The van der Waals surface area contributed by atoms with E-state index in [2.05, 4.69) is 9.98 Å². The second kappa shape index (κ2) is 9.44. The van der Waals surface area contributed by atoms with Crippen LogP contribution in [-0.2, 0) is 6.54 Å². The topological polar surface area (TPSA) is 88.5 Å². The number of aromatic carboxylic acids is 1. The molecule has 1 aromatic heterocycles. The van der Waals surface area contributed by atoms with Crippen LogP contribution in [0, 0.1) is 0 Å². The first kappa shape index (κ1) is 21.5. The zero-order chi connectivity index (χ0) is 18.7. The quantitative estimate of drug-likeness (QED) is 0.375. The molecule has 2 N–H and O–H groups in total. The molecule has 1 heterocycles. The molecule has 5 nitrogen and oxygen atoms in total. The summed E-state index contributed by atoms with van der Waals surface area (Å²) >= 11 is 12.2. The first-order valence-electron chi connectivity index (χ1n) is 7.63. The molecule has 0 aliphatic carbocycles. The number of hydrogen-bond acceptors (Lipinski definition) is 3. The second-order valence-corrected chi connectivity index (χ2v) is 6.35. The van der Waals surface area contributed by atoms with Gasteiger partial charge >= 0.3 is 35.5 Å². The van der Waals surface area contributed by atoms with Gasteiger partial charge in [-0.3, -0.25) is 4.99 Å². The number of carbonyl (C=O) groups is 1. The number of carboxylic acids is 1. The van der Waals surface area contributed by atoms with Crippen molar-refractivity contribution < 1.29 is 44.6 Å². The molecule has 3 aromatic rings. The molecule has 132 valence electrons. The fraction of sp³-hybridized carbons (Fsp3) is 0.0526. The van der Waals surface area contributed by atoms with Gasteiger partial charge in [0.15, 0.2) is 0 Å². The van der Waals surface area contributed by atoms with E-state index in [9.17, 15) is 15.0 Å². The van der Waals surface area contributed by atoms with Gasteiger partial charge in [-0.25, -0.2) is 4.79 Å². The molecule has 2 aromatic carbocycles. The Bertz CT molecular complexity index is 1030. The smallest absolute Gasteiger partial charge is 0.859 e. The van der Waals surface area contributed by atoms with Gasteiger partial charge in [0.25, 0.3) is 0 Å². The largest absolute Gasteiger partial charge is 1.00 e. The zero-order valence-corrected chi connectivity index (χ0v) is 17.9. The first-order valence-corrected chi connectivity index (χ1v) is 8.39. The van der Waals surface area contributed by atoms with Crippen LogP contribution in [0.15, 0.2) is 53.5 Å². The molecule has 0 amide bonds. The summed E-state index contributed by atoms with van der Waals surface area (Å²) in [5.74, 6) is -1.63. The summed E-state index contributed by atoms with van der Waals surface area (Å²) in [6.45, 7) is 0.250. The number of rotatable bonds is 5. The Labute approximate surface area is 187 Å². The van der Waals surface area contributed by atoms with Crippen molar-refractivity contribution in [2.24, 2.45) is 4.99 Å². The molecule has 0 unspecified atom stereocenters. The number of fused-ring (bicyclic) bond motifs is 1. The van der Waals surface area contributed by atoms with Gasteiger partial charge in [-0.1, -0.05) is 65.7 Å². The third-order valence-corrected chi connectivity index (χ3v) is 4.24. The Morgan fingerprint density at radius 2 is 1.93 bits per heavy atom. The molecule has 0 saturated heterocycles. The average Bonchev–Trinajstić information content (AvgIpc) is 2.98. The van der Waals surface area contributed by atoms with Crippen LogP contribution in [0.5, 0.6) is 0 Å². The molecule has 0 radical (unpaired) electrons. The summed E-state index contributed by atoms with van der Waals surface area (Å²) in [7, 11) is 0. The molecule has 0 fully saturated rings. The van der Waals surface area contributed by atoms with Crippen molar-refractivity contribution in [2.75, 3.05) is 0 Å². The molecule has 0 saturated carbocycles. The van der Waals surface area contributed by atoms with E-state index in [1.165, 1.54) is 18.2 Å². The number of halogens is 2. The van der Waals surface area contributed by atoms with Gasteiger partial charge in [0.2, 0.25) is 0 Å². The molecule has 0 atom stereocenters. The van der Waals surface area contributed by atoms with Crippen LogP contribution in [-0.4, -0.2) is 22.0 Å². The predicted molar refractivity (Wildman–Crippen MR) is 102 cm³/mol. The summed E-state index contributed by atoms with van der Waals surface area (Å²) in [5.41, 5.74) is 1.62. The maximum Gasteiger partial charge on any atom is 1.00 e. The maximum absolute atomic E-state index is 12.0. The van der Waals surface area contributed by atoms with Crippen LogP contribution < -0.4 is 34.7 Å². The van der Waals surface area contributed by atoms with E-state index in [-0.39, 0.29) is 41.8 Å². The number of H-pyrrole nitrogens is 1. The van der Waals surface area contributed by atoms with E-state index >= 15 is 0 Å². The fourth-order valence-corrected chi connectivity index (χ4v) is 3.16. The second-order valence-electron chi connectivity index (χ2n) is 5.50. The minimum atomic E-state index is -1.17. The van der Waals surface area contributed by atoms with Gasteiger partial charge in [-0.15, -0.1) is 0 Å². The van der Waals surface area contributed by atoms with Crippen molar-refractivity contribution in [3.8, 4) is 0 Å². The number of aromatic amines is 1. The molecule has 0 aliphatic rings. The Balaban J connectivity index is 0.00000261. The monoisotopic (exact) mass is 410 g/mol. The number of carboxylic acid groups (broad SMARTS) is 1. The molecular weight excluding hydrogens is 398 g/mol. The minimum absolute atomic E-state index is 0. The normalized spacial score (nSPS) is 11.7. The standard InChI is InChI=1S/C19H14Cl2N2O3.Na/c20-12-8-14(21)17-13(18(19(25)26)23-15(17)9-12)6-7-16(24)22-10-11-4-2-1-3-5-11;/h1-9,23H,10H2,(H,22,24)(H,25,26);/q;+1/p-1/b7-6+;. The van der Waals surface area contributed by atoms with E-state index < -0.39 is 11.9 Å². The average molecular weight is 411 g/mol. The third kappa shape index (κ3) is 5.15. The Kier molecular flexibility index (Phi) is 7.53. The SMILES string of the molecule is O=C(O)c1[nH]c2cc(Cl)cc(Cl)c2c1/C=C/C([O-])=NCc1ccccc1.[Na+]. The van der Waals surface area contributed by atoms with Crippen LogP contribution in [0.2, 0.25) is 10.0 Å². The summed E-state index contributed by atoms with van der Waals surface area (Å²) < 4.78 is 0. The van der Waals surface area contributed by atoms with E-state index in [0.29, 0.717) is 26.5 Å². The van der Waals surface area contributed by atoms with Crippen molar-refractivity contribution in [1.29, 1.82) is 0 Å². The maximum atomic E-state index is 12.0. The summed E-state index contributed by atoms with van der Waals surface area (Å²) in [4.78, 5) is 18.2. The Morgan fingerprint density at radius 3 is 2.59 bits per heavy atom. The van der Waals surface area contributed by atoms with Crippen LogP contribution in [0.25, 0.3) is 17.0 Å². The van der Waals surface area contributed by atoms with E-state index in [1.807, 2.05) is 30.3 Å². The Morgan fingerprint density at radius 1 is 1.22 bits per heavy atom. The van der Waals surface area contributed by atoms with Crippen molar-refractivity contribution in [1.82, 2.24) is 4.98 Å². The number of benzene rings is 2. The summed E-state index contributed by atoms with van der Waals surface area (Å²) in [6.07, 6.45) is 2.63. The molecule has 3 rings (SSSR count). The third-order valence-electron chi connectivity index (χ3n) is 3.72. The Hall–Kier alpha value is -1.76. The van der Waals surface area contributed by atoms with Crippen LogP contribution >= 0.6 is 23.2 Å². The van der Waals surface area contributed by atoms with Crippen molar-refractivity contribution in [3.63, 3.8) is 0 Å².